The number of imide groups is 1. The first-order valence-electron chi connectivity index (χ1n) is 8.18. The largest absolute Gasteiger partial charge is 0.353 e. The van der Waals surface area contributed by atoms with Gasteiger partial charge in [0.05, 0.1) is 0 Å². The minimum Gasteiger partial charge on any atom is -0.353 e. The summed E-state index contributed by atoms with van der Waals surface area (Å²) in [6, 6.07) is 4.76. The Bertz CT molecular complexity index is 670. The van der Waals surface area contributed by atoms with Gasteiger partial charge in [-0.1, -0.05) is 19.1 Å². The van der Waals surface area contributed by atoms with Gasteiger partial charge in [0.25, 0.3) is 5.91 Å². The summed E-state index contributed by atoms with van der Waals surface area (Å²) in [5, 5.41) is 8.41. The lowest BCUT2D eigenvalue weighted by Crippen LogP contribution is -2.45. The summed E-state index contributed by atoms with van der Waals surface area (Å²) in [5.74, 6) is -1.40. The molecule has 0 saturated carbocycles. The van der Waals surface area contributed by atoms with Gasteiger partial charge < -0.3 is 16.0 Å². The lowest BCUT2D eigenvalue weighted by molar-refractivity contribution is -0.134. The van der Waals surface area contributed by atoms with Crippen LogP contribution in [-0.4, -0.2) is 48.4 Å². The molecule has 0 radical (unpaired) electrons. The van der Waals surface area contributed by atoms with E-state index in [1.807, 2.05) is 13.8 Å². The van der Waals surface area contributed by atoms with Crippen LogP contribution in [0.1, 0.15) is 26.3 Å². The second kappa shape index (κ2) is 8.95. The Morgan fingerprint density at radius 3 is 2.50 bits per heavy atom. The van der Waals surface area contributed by atoms with Crippen molar-refractivity contribution in [1.29, 1.82) is 0 Å². The molecule has 4 amide bonds. The minimum absolute atomic E-state index is 0. The van der Waals surface area contributed by atoms with E-state index < -0.39 is 29.2 Å². The summed E-state index contributed by atoms with van der Waals surface area (Å²) in [7, 11) is 0. The van der Waals surface area contributed by atoms with E-state index in [9.17, 15) is 18.8 Å². The molecule has 1 aliphatic heterocycles. The van der Waals surface area contributed by atoms with Gasteiger partial charge in [0, 0.05) is 12.6 Å². The molecule has 1 saturated heterocycles. The highest BCUT2D eigenvalue weighted by atomic mass is 35.5. The zero-order valence-corrected chi connectivity index (χ0v) is 15.8. The van der Waals surface area contributed by atoms with Crippen molar-refractivity contribution < 1.29 is 18.8 Å². The zero-order valence-electron chi connectivity index (χ0n) is 15.0. The van der Waals surface area contributed by atoms with Crippen LogP contribution in [0.2, 0.25) is 0 Å². The number of carbonyl (C=O) groups is 3. The van der Waals surface area contributed by atoms with Crippen LogP contribution in [0, 0.1) is 5.82 Å². The standard InChI is InChI=1S/C17H23FN4O3.ClH/c1-4-19-11(2)9-20-14(23)10-22-15(24)17(3,21-16(22)25)12-5-7-13(18)8-6-12;/h5-8,11,19H,4,9-10H2,1-3H3,(H,20,23)(H,21,25);1H/t11-,17?;/m1./s1. The predicted molar refractivity (Wildman–Crippen MR) is 97.4 cm³/mol. The van der Waals surface area contributed by atoms with Crippen LogP contribution in [0.25, 0.3) is 0 Å². The van der Waals surface area contributed by atoms with Crippen molar-refractivity contribution in [1.82, 2.24) is 20.9 Å². The van der Waals surface area contributed by atoms with Gasteiger partial charge in [-0.3, -0.25) is 14.5 Å². The molecule has 1 heterocycles. The number of urea groups is 1. The molecule has 3 N–H and O–H groups in total. The maximum Gasteiger partial charge on any atom is 0.325 e. The quantitative estimate of drug-likeness (QED) is 0.613. The van der Waals surface area contributed by atoms with Crippen molar-refractivity contribution >= 4 is 30.3 Å². The highest BCUT2D eigenvalue weighted by Gasteiger charge is 2.49. The van der Waals surface area contributed by atoms with Crippen molar-refractivity contribution in [3.63, 3.8) is 0 Å². The smallest absolute Gasteiger partial charge is 0.325 e. The monoisotopic (exact) mass is 386 g/mol. The molecule has 2 rings (SSSR count). The number of carbonyl (C=O) groups excluding carboxylic acids is 3. The van der Waals surface area contributed by atoms with Gasteiger partial charge in [0.15, 0.2) is 0 Å². The minimum atomic E-state index is -1.32. The van der Waals surface area contributed by atoms with Crippen molar-refractivity contribution in [3.05, 3.63) is 35.6 Å². The molecular weight excluding hydrogens is 363 g/mol. The Morgan fingerprint density at radius 2 is 1.92 bits per heavy atom. The van der Waals surface area contributed by atoms with Crippen molar-refractivity contribution in [3.8, 4) is 0 Å². The van der Waals surface area contributed by atoms with Crippen LogP contribution in [-0.2, 0) is 15.1 Å². The lowest BCUT2D eigenvalue weighted by Gasteiger charge is -2.22. The summed E-state index contributed by atoms with van der Waals surface area (Å²) in [6.45, 7) is 6.22. The van der Waals surface area contributed by atoms with Gasteiger partial charge >= 0.3 is 6.03 Å². The van der Waals surface area contributed by atoms with Crippen LogP contribution < -0.4 is 16.0 Å². The van der Waals surface area contributed by atoms with Gasteiger partial charge in [-0.2, -0.15) is 0 Å². The molecular formula is C17H24ClFN4O3. The number of nitrogens with one attached hydrogen (secondary N) is 3. The van der Waals surface area contributed by atoms with Gasteiger partial charge in [0.1, 0.15) is 17.9 Å². The van der Waals surface area contributed by atoms with Gasteiger partial charge in [-0.05, 0) is 38.1 Å². The molecule has 1 aromatic carbocycles. The van der Waals surface area contributed by atoms with Crippen LogP contribution >= 0.6 is 12.4 Å². The lowest BCUT2D eigenvalue weighted by atomic mass is 9.92. The van der Waals surface area contributed by atoms with E-state index in [1.54, 1.807) is 0 Å². The highest BCUT2D eigenvalue weighted by Crippen LogP contribution is 2.28. The third kappa shape index (κ3) is 4.70. The summed E-state index contributed by atoms with van der Waals surface area (Å²) < 4.78 is 13.1. The van der Waals surface area contributed by atoms with E-state index in [0.717, 1.165) is 11.4 Å². The number of hydrogen-bond acceptors (Lipinski definition) is 4. The number of hydrogen-bond donors (Lipinski definition) is 3. The van der Waals surface area contributed by atoms with E-state index in [2.05, 4.69) is 16.0 Å². The molecule has 1 aliphatic rings. The number of rotatable bonds is 7. The van der Waals surface area contributed by atoms with E-state index in [4.69, 9.17) is 0 Å². The second-order valence-corrected chi connectivity index (χ2v) is 6.22. The normalized spacial score (nSPS) is 20.4. The van der Waals surface area contributed by atoms with E-state index >= 15 is 0 Å². The number of likely N-dealkylation sites (N-methyl/N-ethyl adjacent to an activating group) is 1. The molecule has 0 aromatic heterocycles. The Hall–Kier alpha value is -2.19. The van der Waals surface area contributed by atoms with E-state index in [1.165, 1.54) is 31.2 Å². The average Bonchev–Trinajstić information content (AvgIpc) is 2.78. The highest BCUT2D eigenvalue weighted by molar-refractivity contribution is 6.09. The Morgan fingerprint density at radius 1 is 1.31 bits per heavy atom. The first-order valence-corrected chi connectivity index (χ1v) is 8.18. The first kappa shape index (κ1) is 21.9. The third-order valence-corrected chi connectivity index (χ3v) is 4.16. The van der Waals surface area contributed by atoms with Gasteiger partial charge in [-0.25, -0.2) is 9.18 Å². The molecule has 0 bridgehead atoms. The maximum absolute atomic E-state index is 13.1. The number of halogens is 2. The van der Waals surface area contributed by atoms with Crippen LogP contribution in [0.5, 0.6) is 0 Å². The fraction of sp³-hybridized carbons (Fsp3) is 0.471. The number of nitrogens with zero attached hydrogens (tertiary/aromatic N) is 1. The van der Waals surface area contributed by atoms with Crippen molar-refractivity contribution in [2.75, 3.05) is 19.6 Å². The Kier molecular flexibility index (Phi) is 7.53. The zero-order chi connectivity index (χ0) is 18.6. The second-order valence-electron chi connectivity index (χ2n) is 6.22. The SMILES string of the molecule is CCN[C@H](C)CNC(=O)CN1C(=O)NC(C)(c2ccc(F)cc2)C1=O.Cl. The molecule has 1 unspecified atom stereocenters. The summed E-state index contributed by atoms with van der Waals surface area (Å²) in [4.78, 5) is 37.7. The van der Waals surface area contributed by atoms with Crippen LogP contribution in [0.3, 0.4) is 0 Å². The fourth-order valence-corrected chi connectivity index (χ4v) is 2.71. The first-order chi connectivity index (χ1) is 11.8. The summed E-state index contributed by atoms with van der Waals surface area (Å²) >= 11 is 0. The molecule has 1 fully saturated rings. The number of amides is 4. The third-order valence-electron chi connectivity index (χ3n) is 4.16. The number of benzene rings is 1. The summed E-state index contributed by atoms with van der Waals surface area (Å²) in [6.07, 6.45) is 0. The predicted octanol–water partition coefficient (Wildman–Crippen LogP) is 1.13. The Balaban J connectivity index is 0.00000338. The fourth-order valence-electron chi connectivity index (χ4n) is 2.71. The molecule has 144 valence electrons. The van der Waals surface area contributed by atoms with Crippen LogP contribution in [0.4, 0.5) is 9.18 Å². The molecule has 0 aliphatic carbocycles. The Labute approximate surface area is 158 Å². The molecule has 26 heavy (non-hydrogen) atoms. The van der Waals surface area contributed by atoms with Gasteiger partial charge in [-0.15, -0.1) is 12.4 Å². The molecule has 1 aromatic rings. The van der Waals surface area contributed by atoms with Crippen LogP contribution in [0.15, 0.2) is 24.3 Å². The maximum atomic E-state index is 13.1. The molecule has 9 heteroatoms. The van der Waals surface area contributed by atoms with E-state index in [0.29, 0.717) is 12.1 Å². The molecule has 0 spiro atoms. The van der Waals surface area contributed by atoms with Gasteiger partial charge in [0.2, 0.25) is 5.91 Å². The van der Waals surface area contributed by atoms with E-state index in [-0.39, 0.29) is 25.0 Å². The molecule has 7 nitrogen and oxygen atoms in total. The average molecular weight is 387 g/mol. The van der Waals surface area contributed by atoms with Crippen molar-refractivity contribution in [2.45, 2.75) is 32.4 Å². The topological polar surface area (TPSA) is 90.5 Å². The molecule has 2 atom stereocenters. The summed E-state index contributed by atoms with van der Waals surface area (Å²) in [5.41, 5.74) is -0.863. The van der Waals surface area contributed by atoms with Crippen molar-refractivity contribution in [2.24, 2.45) is 0 Å².